The minimum absolute atomic E-state index is 0.0684. The number of carbonyl (C=O) groups is 1. The average Bonchev–Trinajstić information content (AvgIpc) is 2.97. The van der Waals surface area contributed by atoms with E-state index in [0.717, 1.165) is 76.2 Å². The Kier molecular flexibility index (Phi) is 8.37. The van der Waals surface area contributed by atoms with Crippen molar-refractivity contribution in [1.29, 1.82) is 0 Å². The second-order valence-corrected chi connectivity index (χ2v) is 9.30. The van der Waals surface area contributed by atoms with Crippen LogP contribution in [0.1, 0.15) is 57.7 Å². The highest BCUT2D eigenvalue weighted by Crippen LogP contribution is 2.23. The van der Waals surface area contributed by atoms with E-state index in [1.165, 1.54) is 0 Å². The van der Waals surface area contributed by atoms with Crippen molar-refractivity contribution in [3.8, 4) is 0 Å². The minimum atomic E-state index is 0.0684. The van der Waals surface area contributed by atoms with Gasteiger partial charge in [0.1, 0.15) is 5.15 Å². The van der Waals surface area contributed by atoms with Crippen molar-refractivity contribution in [3.05, 3.63) is 22.5 Å². The molecule has 6 nitrogen and oxygen atoms in total. The number of likely N-dealkylation sites (tertiary alicyclic amines) is 1. The third kappa shape index (κ3) is 6.08. The fraction of sp³-hybridized carbons (Fsp3) is 0.739. The van der Waals surface area contributed by atoms with E-state index in [0.29, 0.717) is 23.3 Å². The highest BCUT2D eigenvalue weighted by molar-refractivity contribution is 6.31. The van der Waals surface area contributed by atoms with Crippen LogP contribution in [0.4, 0.5) is 0 Å². The van der Waals surface area contributed by atoms with Crippen molar-refractivity contribution in [3.63, 3.8) is 0 Å². The Labute approximate surface area is 186 Å². The second-order valence-electron chi connectivity index (χ2n) is 8.94. The smallest absolute Gasteiger partial charge is 0.246 e. The van der Waals surface area contributed by atoms with E-state index in [-0.39, 0.29) is 5.91 Å². The normalized spacial score (nSPS) is 24.1. The second kappa shape index (κ2) is 10.8. The van der Waals surface area contributed by atoms with Crippen LogP contribution >= 0.6 is 11.6 Å². The minimum Gasteiger partial charge on any atom is -0.373 e. The van der Waals surface area contributed by atoms with Crippen molar-refractivity contribution in [2.24, 2.45) is 5.92 Å². The summed E-state index contributed by atoms with van der Waals surface area (Å²) in [6.45, 7) is 14.0. The SMILES string of the molecule is CCCCn1nc(C)c(/C=C/C(=O)N2CCC(CN3CC(C)OC(C)C3)CC2)c1Cl. The molecule has 3 heterocycles. The number of unbranched alkanes of at least 4 members (excludes halogenated alkanes) is 1. The zero-order valence-corrected chi connectivity index (χ0v) is 19.7. The molecule has 1 aromatic heterocycles. The standard InChI is InChI=1S/C23H37ClN4O2/c1-5-6-11-28-23(24)21(19(4)25-28)7-8-22(29)27-12-9-20(10-13-27)16-26-14-17(2)30-18(3)15-26/h7-8,17-18,20H,5-6,9-16H2,1-4H3/b8-7+. The first-order valence-electron chi connectivity index (χ1n) is 11.4. The highest BCUT2D eigenvalue weighted by Gasteiger charge is 2.27. The van der Waals surface area contributed by atoms with Gasteiger partial charge in [0.05, 0.1) is 17.9 Å². The summed E-state index contributed by atoms with van der Waals surface area (Å²) in [7, 11) is 0. The van der Waals surface area contributed by atoms with E-state index >= 15 is 0 Å². The third-order valence-corrected chi connectivity index (χ3v) is 6.56. The third-order valence-electron chi connectivity index (χ3n) is 6.16. The van der Waals surface area contributed by atoms with Gasteiger partial charge in [-0.2, -0.15) is 5.10 Å². The number of hydrogen-bond acceptors (Lipinski definition) is 4. The molecule has 7 heteroatoms. The molecule has 0 bridgehead atoms. The number of rotatable bonds is 7. The number of morpholine rings is 1. The topological polar surface area (TPSA) is 50.6 Å². The van der Waals surface area contributed by atoms with Gasteiger partial charge in [0, 0.05) is 50.9 Å². The van der Waals surface area contributed by atoms with E-state index in [1.807, 2.05) is 22.6 Å². The molecule has 30 heavy (non-hydrogen) atoms. The van der Waals surface area contributed by atoms with Gasteiger partial charge < -0.3 is 9.64 Å². The Morgan fingerprint density at radius 2 is 1.90 bits per heavy atom. The zero-order valence-electron chi connectivity index (χ0n) is 18.9. The van der Waals surface area contributed by atoms with Gasteiger partial charge >= 0.3 is 0 Å². The molecule has 2 saturated heterocycles. The molecule has 0 radical (unpaired) electrons. The van der Waals surface area contributed by atoms with Crippen LogP contribution in [-0.4, -0.2) is 70.4 Å². The fourth-order valence-electron chi connectivity index (χ4n) is 4.61. The molecule has 0 aromatic carbocycles. The van der Waals surface area contributed by atoms with Crippen LogP contribution in [0.5, 0.6) is 0 Å². The zero-order chi connectivity index (χ0) is 21.7. The van der Waals surface area contributed by atoms with Crippen molar-refractivity contribution >= 4 is 23.6 Å². The summed E-state index contributed by atoms with van der Waals surface area (Å²) in [6.07, 6.45) is 8.37. The van der Waals surface area contributed by atoms with Gasteiger partial charge in [-0.3, -0.25) is 14.4 Å². The van der Waals surface area contributed by atoms with Crippen LogP contribution in [0.15, 0.2) is 6.08 Å². The number of aryl methyl sites for hydroxylation is 2. The van der Waals surface area contributed by atoms with Gasteiger partial charge in [-0.05, 0) is 52.0 Å². The molecule has 0 N–H and O–H groups in total. The maximum absolute atomic E-state index is 12.7. The first kappa shape index (κ1) is 23.3. The summed E-state index contributed by atoms with van der Waals surface area (Å²) in [6, 6.07) is 0. The molecular weight excluding hydrogens is 400 g/mol. The molecule has 0 saturated carbocycles. The van der Waals surface area contributed by atoms with E-state index in [9.17, 15) is 4.79 Å². The van der Waals surface area contributed by atoms with Gasteiger partial charge in [-0.1, -0.05) is 24.9 Å². The molecule has 2 aliphatic heterocycles. The summed E-state index contributed by atoms with van der Waals surface area (Å²) >= 11 is 6.48. The molecular formula is C23H37ClN4O2. The summed E-state index contributed by atoms with van der Waals surface area (Å²) in [5, 5.41) is 5.13. The lowest BCUT2D eigenvalue weighted by atomic mass is 9.95. The number of piperidine rings is 1. The first-order chi connectivity index (χ1) is 14.4. The first-order valence-corrected chi connectivity index (χ1v) is 11.8. The lowest BCUT2D eigenvalue weighted by molar-refractivity contribution is -0.127. The van der Waals surface area contributed by atoms with Gasteiger partial charge in [-0.25, -0.2) is 0 Å². The highest BCUT2D eigenvalue weighted by atomic mass is 35.5. The maximum atomic E-state index is 12.7. The number of aromatic nitrogens is 2. The molecule has 1 aromatic rings. The molecule has 2 fully saturated rings. The molecule has 3 rings (SSSR count). The van der Waals surface area contributed by atoms with Crippen molar-refractivity contribution in [1.82, 2.24) is 19.6 Å². The molecule has 2 unspecified atom stereocenters. The number of amides is 1. The quantitative estimate of drug-likeness (QED) is 0.606. The number of nitrogens with zero attached hydrogens (tertiary/aromatic N) is 4. The van der Waals surface area contributed by atoms with E-state index in [2.05, 4.69) is 30.8 Å². The number of halogens is 1. The Morgan fingerprint density at radius 1 is 1.23 bits per heavy atom. The fourth-order valence-corrected chi connectivity index (χ4v) is 4.93. The molecule has 2 aliphatic rings. The van der Waals surface area contributed by atoms with Gasteiger partial charge in [0.15, 0.2) is 0 Å². The monoisotopic (exact) mass is 436 g/mol. The van der Waals surface area contributed by atoms with E-state index < -0.39 is 0 Å². The Hall–Kier alpha value is -1.37. The van der Waals surface area contributed by atoms with Crippen LogP contribution in [0.3, 0.4) is 0 Å². The van der Waals surface area contributed by atoms with Crippen molar-refractivity contribution in [2.75, 3.05) is 32.7 Å². The van der Waals surface area contributed by atoms with Gasteiger partial charge in [-0.15, -0.1) is 0 Å². The number of ether oxygens (including phenoxy) is 1. The van der Waals surface area contributed by atoms with Gasteiger partial charge in [0.2, 0.25) is 5.91 Å². The van der Waals surface area contributed by atoms with Gasteiger partial charge in [0.25, 0.3) is 0 Å². The molecule has 168 valence electrons. The van der Waals surface area contributed by atoms with E-state index in [1.54, 1.807) is 6.08 Å². The summed E-state index contributed by atoms with van der Waals surface area (Å²) in [5.41, 5.74) is 1.72. The lowest BCUT2D eigenvalue weighted by Crippen LogP contribution is -2.48. The lowest BCUT2D eigenvalue weighted by Gasteiger charge is -2.39. The van der Waals surface area contributed by atoms with Crippen molar-refractivity contribution in [2.45, 2.75) is 72.1 Å². The molecule has 0 spiro atoms. The van der Waals surface area contributed by atoms with Crippen LogP contribution < -0.4 is 0 Å². The largest absolute Gasteiger partial charge is 0.373 e. The molecule has 0 aliphatic carbocycles. The van der Waals surface area contributed by atoms with E-state index in [4.69, 9.17) is 16.3 Å². The Morgan fingerprint density at radius 3 is 2.53 bits per heavy atom. The van der Waals surface area contributed by atoms with Crippen LogP contribution in [0.25, 0.3) is 6.08 Å². The van der Waals surface area contributed by atoms with Crippen LogP contribution in [0.2, 0.25) is 5.15 Å². The Balaban J connectivity index is 1.49. The van der Waals surface area contributed by atoms with Crippen LogP contribution in [-0.2, 0) is 16.1 Å². The molecule has 2 atom stereocenters. The molecule has 1 amide bonds. The predicted octanol–water partition coefficient (Wildman–Crippen LogP) is 4.01. The summed E-state index contributed by atoms with van der Waals surface area (Å²) in [4.78, 5) is 17.2. The Bertz CT molecular complexity index is 730. The number of hydrogen-bond donors (Lipinski definition) is 0. The maximum Gasteiger partial charge on any atom is 0.246 e. The number of carbonyl (C=O) groups excluding carboxylic acids is 1. The summed E-state index contributed by atoms with van der Waals surface area (Å²) in [5.74, 6) is 0.725. The average molecular weight is 437 g/mol. The van der Waals surface area contributed by atoms with Crippen molar-refractivity contribution < 1.29 is 9.53 Å². The predicted molar refractivity (Wildman–Crippen MR) is 122 cm³/mol. The summed E-state index contributed by atoms with van der Waals surface area (Å²) < 4.78 is 7.67. The van der Waals surface area contributed by atoms with Crippen LogP contribution in [0, 0.1) is 12.8 Å².